The second kappa shape index (κ2) is 8.37. The van der Waals surface area contributed by atoms with Crippen LogP contribution in [0.5, 0.6) is 17.2 Å². The molecule has 0 aliphatic carbocycles. The van der Waals surface area contributed by atoms with E-state index in [0.717, 1.165) is 4.70 Å². The molecule has 1 aromatic heterocycles. The van der Waals surface area contributed by atoms with Gasteiger partial charge >= 0.3 is 0 Å². The summed E-state index contributed by atoms with van der Waals surface area (Å²) >= 11 is 1.25. The van der Waals surface area contributed by atoms with Crippen LogP contribution in [0.2, 0.25) is 0 Å². The number of aryl methyl sites for hydroxylation is 1. The lowest BCUT2D eigenvalue weighted by Gasteiger charge is -2.17. The van der Waals surface area contributed by atoms with E-state index in [4.69, 9.17) is 14.2 Å². The normalized spacial score (nSPS) is 11.6. The molecule has 1 unspecified atom stereocenters. The Kier molecular flexibility index (Phi) is 5.89. The molecule has 0 saturated heterocycles. The minimum absolute atomic E-state index is 0.363. The van der Waals surface area contributed by atoms with Crippen LogP contribution in [0.15, 0.2) is 30.3 Å². The molecule has 0 saturated carbocycles. The van der Waals surface area contributed by atoms with Gasteiger partial charge in [0.1, 0.15) is 11.9 Å². The summed E-state index contributed by atoms with van der Waals surface area (Å²) in [6.45, 7) is 1.76. The second-order valence-electron chi connectivity index (χ2n) is 6.19. The average Bonchev–Trinajstić information content (AvgIpc) is 3.06. The number of nitriles is 1. The number of halogens is 1. The van der Waals surface area contributed by atoms with Crippen molar-refractivity contribution in [2.45, 2.75) is 13.0 Å². The number of fused-ring (bicyclic) bond motifs is 1. The van der Waals surface area contributed by atoms with Gasteiger partial charge < -0.3 is 19.5 Å². The standard InChI is InChI=1S/C21H19FN2O4S/c1-11-14-9-13(22)5-6-18(14)29-20(11)21(25)24-15(10-23)12-7-16(26-2)19(28-4)17(8-12)27-3/h5-9,15H,1-4H3,(H,24,25). The molecule has 6 nitrogen and oxygen atoms in total. The molecule has 3 aromatic rings. The smallest absolute Gasteiger partial charge is 0.262 e. The van der Waals surface area contributed by atoms with Crippen LogP contribution in [0, 0.1) is 24.1 Å². The quantitative estimate of drug-likeness (QED) is 0.648. The maximum atomic E-state index is 13.5. The van der Waals surface area contributed by atoms with Gasteiger partial charge in [-0.2, -0.15) is 5.26 Å². The molecule has 0 spiro atoms. The summed E-state index contributed by atoms with van der Waals surface area (Å²) in [7, 11) is 4.43. The number of ether oxygens (including phenoxy) is 3. The number of hydrogen-bond donors (Lipinski definition) is 1. The molecule has 0 aliphatic rings. The molecule has 2 aromatic carbocycles. The molecule has 1 heterocycles. The van der Waals surface area contributed by atoms with E-state index >= 15 is 0 Å². The molecule has 0 aliphatic heterocycles. The number of hydrogen-bond acceptors (Lipinski definition) is 6. The third kappa shape index (κ3) is 3.82. The van der Waals surface area contributed by atoms with Gasteiger partial charge in [-0.05, 0) is 53.8 Å². The molecule has 0 radical (unpaired) electrons. The van der Waals surface area contributed by atoms with Crippen LogP contribution >= 0.6 is 11.3 Å². The Morgan fingerprint density at radius 2 is 1.79 bits per heavy atom. The number of carbonyl (C=O) groups excluding carboxylic acids is 1. The van der Waals surface area contributed by atoms with E-state index in [2.05, 4.69) is 11.4 Å². The summed E-state index contributed by atoms with van der Waals surface area (Å²) < 4.78 is 30.3. The predicted molar refractivity (Wildman–Crippen MR) is 108 cm³/mol. The number of rotatable bonds is 6. The third-order valence-corrected chi connectivity index (χ3v) is 5.80. The third-order valence-electron chi connectivity index (χ3n) is 4.53. The highest BCUT2D eigenvalue weighted by molar-refractivity contribution is 7.21. The van der Waals surface area contributed by atoms with Crippen LogP contribution in [0.1, 0.15) is 26.8 Å². The van der Waals surface area contributed by atoms with Gasteiger partial charge in [-0.3, -0.25) is 4.79 Å². The number of carbonyl (C=O) groups is 1. The Labute approximate surface area is 171 Å². The lowest BCUT2D eigenvalue weighted by molar-refractivity contribution is 0.0948. The fourth-order valence-corrected chi connectivity index (χ4v) is 4.16. The van der Waals surface area contributed by atoms with E-state index in [1.54, 1.807) is 25.1 Å². The van der Waals surface area contributed by atoms with E-state index in [-0.39, 0.29) is 5.82 Å². The first-order valence-electron chi connectivity index (χ1n) is 8.62. The Bertz CT molecular complexity index is 1090. The first kappa shape index (κ1) is 20.4. The largest absolute Gasteiger partial charge is 0.493 e. The second-order valence-corrected chi connectivity index (χ2v) is 7.24. The summed E-state index contributed by atoms with van der Waals surface area (Å²) in [6, 6.07) is 8.76. The van der Waals surface area contributed by atoms with Gasteiger partial charge in [0.15, 0.2) is 11.5 Å². The highest BCUT2D eigenvalue weighted by Gasteiger charge is 2.23. The highest BCUT2D eigenvalue weighted by atomic mass is 32.1. The van der Waals surface area contributed by atoms with Crippen molar-refractivity contribution in [1.82, 2.24) is 5.32 Å². The minimum Gasteiger partial charge on any atom is -0.493 e. The maximum absolute atomic E-state index is 13.5. The number of methoxy groups -OCH3 is 3. The molecule has 0 fully saturated rings. The Morgan fingerprint density at radius 3 is 2.34 bits per heavy atom. The van der Waals surface area contributed by atoms with Crippen LogP contribution in [0.4, 0.5) is 4.39 Å². The first-order chi connectivity index (χ1) is 13.9. The van der Waals surface area contributed by atoms with Crippen molar-refractivity contribution in [1.29, 1.82) is 5.26 Å². The Morgan fingerprint density at radius 1 is 1.14 bits per heavy atom. The molecule has 29 heavy (non-hydrogen) atoms. The van der Waals surface area contributed by atoms with Gasteiger partial charge in [-0.1, -0.05) is 0 Å². The zero-order chi connectivity index (χ0) is 21.1. The van der Waals surface area contributed by atoms with E-state index in [1.165, 1.54) is 44.8 Å². The van der Waals surface area contributed by atoms with E-state index in [0.29, 0.717) is 38.6 Å². The Hall–Kier alpha value is -3.31. The molecule has 0 bridgehead atoms. The maximum Gasteiger partial charge on any atom is 0.262 e. The molecule has 3 rings (SSSR count). The van der Waals surface area contributed by atoms with Crippen molar-refractivity contribution in [2.75, 3.05) is 21.3 Å². The highest BCUT2D eigenvalue weighted by Crippen LogP contribution is 2.40. The molecular weight excluding hydrogens is 395 g/mol. The van der Waals surface area contributed by atoms with Crippen molar-refractivity contribution in [3.05, 3.63) is 52.2 Å². The minimum atomic E-state index is -0.947. The summed E-state index contributed by atoms with van der Waals surface area (Å²) in [5, 5.41) is 13.1. The molecule has 1 N–H and O–H groups in total. The topological polar surface area (TPSA) is 80.6 Å². The molecule has 1 amide bonds. The SMILES string of the molecule is COc1cc(C(C#N)NC(=O)c2sc3ccc(F)cc3c2C)cc(OC)c1OC. The van der Waals surface area contributed by atoms with Gasteiger partial charge in [0.25, 0.3) is 5.91 Å². The van der Waals surface area contributed by atoms with Gasteiger partial charge in [-0.25, -0.2) is 4.39 Å². The first-order valence-corrected chi connectivity index (χ1v) is 9.44. The number of thiophene rings is 1. The summed E-state index contributed by atoms with van der Waals surface area (Å²) in [6.07, 6.45) is 0. The average molecular weight is 414 g/mol. The summed E-state index contributed by atoms with van der Waals surface area (Å²) in [4.78, 5) is 13.3. The van der Waals surface area contributed by atoms with Gasteiger partial charge in [0.05, 0.1) is 32.3 Å². The lowest BCUT2D eigenvalue weighted by Crippen LogP contribution is -2.27. The Balaban J connectivity index is 1.95. The van der Waals surface area contributed by atoms with Crippen LogP contribution in [-0.4, -0.2) is 27.2 Å². The molecule has 1 atom stereocenters. The van der Waals surface area contributed by atoms with Crippen molar-refractivity contribution in [3.63, 3.8) is 0 Å². The van der Waals surface area contributed by atoms with Crippen LogP contribution in [0.3, 0.4) is 0 Å². The van der Waals surface area contributed by atoms with Crippen molar-refractivity contribution < 1.29 is 23.4 Å². The zero-order valence-corrected chi connectivity index (χ0v) is 17.1. The van der Waals surface area contributed by atoms with Crippen molar-refractivity contribution in [3.8, 4) is 23.3 Å². The summed E-state index contributed by atoms with van der Waals surface area (Å²) in [5.74, 6) is 0.376. The lowest BCUT2D eigenvalue weighted by atomic mass is 10.1. The molecule has 150 valence electrons. The number of amides is 1. The molecular formula is C21H19FN2O4S. The van der Waals surface area contributed by atoms with E-state index in [1.807, 2.05) is 0 Å². The van der Waals surface area contributed by atoms with Crippen LogP contribution in [-0.2, 0) is 0 Å². The van der Waals surface area contributed by atoms with Gasteiger partial charge in [0, 0.05) is 4.70 Å². The van der Waals surface area contributed by atoms with Crippen LogP contribution in [0.25, 0.3) is 10.1 Å². The van der Waals surface area contributed by atoms with Gasteiger partial charge in [-0.15, -0.1) is 11.3 Å². The molecule has 8 heteroatoms. The number of benzene rings is 2. The van der Waals surface area contributed by atoms with Crippen molar-refractivity contribution in [2.24, 2.45) is 0 Å². The van der Waals surface area contributed by atoms with Gasteiger partial charge in [0.2, 0.25) is 5.75 Å². The van der Waals surface area contributed by atoms with E-state index < -0.39 is 11.9 Å². The van der Waals surface area contributed by atoms with Crippen LogP contribution < -0.4 is 19.5 Å². The zero-order valence-electron chi connectivity index (χ0n) is 16.3. The predicted octanol–water partition coefficient (Wildman–Crippen LogP) is 4.37. The van der Waals surface area contributed by atoms with E-state index in [9.17, 15) is 14.4 Å². The monoisotopic (exact) mass is 414 g/mol. The number of nitrogens with zero attached hydrogens (tertiary/aromatic N) is 1. The summed E-state index contributed by atoms with van der Waals surface area (Å²) in [5.41, 5.74) is 1.16. The number of nitrogens with one attached hydrogen (secondary N) is 1. The fraction of sp³-hybridized carbons (Fsp3) is 0.238. The fourth-order valence-electron chi connectivity index (χ4n) is 3.06. The van der Waals surface area contributed by atoms with Crippen molar-refractivity contribution >= 4 is 27.3 Å².